The molecule has 1 N–H and O–H groups in total. The van der Waals surface area contributed by atoms with Gasteiger partial charge in [0.25, 0.3) is 0 Å². The Balaban J connectivity index is 2.58. The number of carbonyl (C=O) groups is 2. The molecule has 0 spiro atoms. The van der Waals surface area contributed by atoms with Gasteiger partial charge in [0, 0.05) is 12.6 Å². The topological polar surface area (TPSA) is 94.4 Å². The zero-order valence-electron chi connectivity index (χ0n) is 18.8. The van der Waals surface area contributed by atoms with Gasteiger partial charge >= 0.3 is 11.9 Å². The number of benzene rings is 2. The summed E-state index contributed by atoms with van der Waals surface area (Å²) in [5.74, 6) is -8.57. The van der Waals surface area contributed by atoms with Gasteiger partial charge in [-0.1, -0.05) is 30.3 Å². The van der Waals surface area contributed by atoms with Crippen LogP contribution in [-0.4, -0.2) is 49.6 Å². The van der Waals surface area contributed by atoms with Crippen molar-refractivity contribution in [2.24, 2.45) is 4.99 Å². The van der Waals surface area contributed by atoms with Crippen LogP contribution in [0.25, 0.3) is 5.76 Å². The standard InChI is InChI=1S/C24H24F3NO6/c1-4-33-23(30)16(21(29)15-12-17(25)20(27)22(32-3)19(15)26)13-28-18(24(31)34-5-2)11-14-9-7-6-8-10-14/h6-10,12-13,18,29H,4-5,11H2,1-3H3/b21-16-,28-13?/t18-/m0/s1. The summed E-state index contributed by atoms with van der Waals surface area (Å²) in [6.45, 7) is 3.06. The zero-order chi connectivity index (χ0) is 25.3. The lowest BCUT2D eigenvalue weighted by Gasteiger charge is -2.13. The van der Waals surface area contributed by atoms with Gasteiger partial charge in [-0.15, -0.1) is 0 Å². The monoisotopic (exact) mass is 479 g/mol. The van der Waals surface area contributed by atoms with Crippen molar-refractivity contribution in [3.05, 3.63) is 70.5 Å². The van der Waals surface area contributed by atoms with E-state index in [1.807, 2.05) is 0 Å². The van der Waals surface area contributed by atoms with Crippen LogP contribution in [0.2, 0.25) is 0 Å². The second-order valence-electron chi connectivity index (χ2n) is 6.79. The quantitative estimate of drug-likeness (QED) is 0.181. The van der Waals surface area contributed by atoms with Gasteiger partial charge in [0.2, 0.25) is 5.82 Å². The molecular weight excluding hydrogens is 455 g/mol. The molecule has 0 saturated heterocycles. The van der Waals surface area contributed by atoms with Crippen molar-refractivity contribution < 1.29 is 42.1 Å². The number of methoxy groups -OCH3 is 1. The summed E-state index contributed by atoms with van der Waals surface area (Å²) in [5, 5.41) is 10.6. The lowest BCUT2D eigenvalue weighted by molar-refractivity contribution is -0.144. The highest BCUT2D eigenvalue weighted by Crippen LogP contribution is 2.31. The second kappa shape index (κ2) is 12.4. The molecule has 0 amide bonds. The Morgan fingerprint density at radius 3 is 2.29 bits per heavy atom. The molecule has 0 heterocycles. The number of aliphatic hydroxyl groups is 1. The number of rotatable bonds is 10. The first-order valence-corrected chi connectivity index (χ1v) is 10.3. The van der Waals surface area contributed by atoms with Gasteiger partial charge in [-0.25, -0.2) is 18.4 Å². The number of carbonyl (C=O) groups excluding carboxylic acids is 2. The normalized spacial score (nSPS) is 12.8. The molecular formula is C24H24F3NO6. The largest absolute Gasteiger partial charge is 0.506 e. The maximum absolute atomic E-state index is 14.7. The number of hydrogen-bond acceptors (Lipinski definition) is 7. The Kier molecular flexibility index (Phi) is 9.66. The molecule has 7 nitrogen and oxygen atoms in total. The van der Waals surface area contributed by atoms with Crippen LogP contribution in [0.3, 0.4) is 0 Å². The summed E-state index contributed by atoms with van der Waals surface area (Å²) in [6, 6.07) is 8.06. The van der Waals surface area contributed by atoms with E-state index in [0.29, 0.717) is 6.07 Å². The van der Waals surface area contributed by atoms with E-state index in [4.69, 9.17) is 9.47 Å². The lowest BCUT2D eigenvalue weighted by atomic mass is 10.1. The summed E-state index contributed by atoms with van der Waals surface area (Å²) in [6.07, 6.45) is 0.908. The summed E-state index contributed by atoms with van der Waals surface area (Å²) < 4.78 is 56.9. The van der Waals surface area contributed by atoms with E-state index >= 15 is 0 Å². The molecule has 0 fully saturated rings. The predicted molar refractivity (Wildman–Crippen MR) is 118 cm³/mol. The van der Waals surface area contributed by atoms with Crippen molar-refractivity contribution in [2.45, 2.75) is 26.3 Å². The molecule has 0 saturated carbocycles. The molecule has 182 valence electrons. The molecule has 1 atom stereocenters. The fourth-order valence-electron chi connectivity index (χ4n) is 2.93. The number of halogens is 3. The molecule has 0 aliphatic carbocycles. The molecule has 0 bridgehead atoms. The van der Waals surface area contributed by atoms with Crippen LogP contribution in [0, 0.1) is 17.5 Å². The van der Waals surface area contributed by atoms with Crippen molar-refractivity contribution in [2.75, 3.05) is 20.3 Å². The van der Waals surface area contributed by atoms with Crippen LogP contribution in [0.15, 0.2) is 47.0 Å². The molecule has 0 unspecified atom stereocenters. The van der Waals surface area contributed by atoms with Crippen LogP contribution in [0.4, 0.5) is 13.2 Å². The van der Waals surface area contributed by atoms with Crippen LogP contribution in [0.1, 0.15) is 25.0 Å². The summed E-state index contributed by atoms with van der Waals surface area (Å²) >= 11 is 0. The van der Waals surface area contributed by atoms with Crippen LogP contribution >= 0.6 is 0 Å². The molecule has 2 aromatic rings. The Morgan fingerprint density at radius 2 is 1.71 bits per heavy atom. The van der Waals surface area contributed by atoms with Crippen molar-refractivity contribution in [1.29, 1.82) is 0 Å². The average molecular weight is 479 g/mol. The smallest absolute Gasteiger partial charge is 0.343 e. The van der Waals surface area contributed by atoms with Crippen molar-refractivity contribution in [1.82, 2.24) is 0 Å². The average Bonchev–Trinajstić information content (AvgIpc) is 2.82. The lowest BCUT2D eigenvalue weighted by Crippen LogP contribution is -2.25. The Hall–Kier alpha value is -3.82. The fourth-order valence-corrected chi connectivity index (χ4v) is 2.93. The number of aliphatic hydroxyl groups excluding tert-OH is 1. The predicted octanol–water partition coefficient (Wildman–Crippen LogP) is 4.19. The van der Waals surface area contributed by atoms with E-state index in [0.717, 1.165) is 18.9 Å². The minimum Gasteiger partial charge on any atom is -0.506 e. The highest BCUT2D eigenvalue weighted by atomic mass is 19.2. The third-order valence-corrected chi connectivity index (χ3v) is 4.54. The Morgan fingerprint density at radius 1 is 1.06 bits per heavy atom. The van der Waals surface area contributed by atoms with E-state index < -0.39 is 58.1 Å². The first kappa shape index (κ1) is 26.4. The number of hydrogen-bond donors (Lipinski definition) is 1. The van der Waals surface area contributed by atoms with Gasteiger partial charge in [-0.2, -0.15) is 4.39 Å². The molecule has 0 aliphatic rings. The molecule has 10 heteroatoms. The van der Waals surface area contributed by atoms with E-state index in [2.05, 4.69) is 9.73 Å². The summed E-state index contributed by atoms with van der Waals surface area (Å²) in [5.41, 5.74) is -0.808. The molecule has 2 aromatic carbocycles. The zero-order valence-corrected chi connectivity index (χ0v) is 18.8. The SMILES string of the molecule is CCOC(=O)/C(C=N[C@@H](Cc1ccccc1)C(=O)OCC)=C(\O)c1cc(F)c(F)c(OC)c1F. The molecule has 0 aliphatic heterocycles. The number of aliphatic imine (C=N–C) groups is 1. The van der Waals surface area contributed by atoms with Crippen LogP contribution in [-0.2, 0) is 25.5 Å². The highest BCUT2D eigenvalue weighted by Gasteiger charge is 2.26. The Labute approximate surface area is 194 Å². The first-order valence-electron chi connectivity index (χ1n) is 10.3. The van der Waals surface area contributed by atoms with Crippen molar-refractivity contribution in [3.8, 4) is 5.75 Å². The summed E-state index contributed by atoms with van der Waals surface area (Å²) in [7, 11) is 0.909. The highest BCUT2D eigenvalue weighted by molar-refractivity contribution is 6.15. The molecule has 0 aromatic heterocycles. The van der Waals surface area contributed by atoms with E-state index in [1.165, 1.54) is 6.92 Å². The van der Waals surface area contributed by atoms with E-state index in [-0.39, 0.29) is 19.6 Å². The van der Waals surface area contributed by atoms with Crippen molar-refractivity contribution >= 4 is 23.9 Å². The maximum atomic E-state index is 14.7. The van der Waals surface area contributed by atoms with Gasteiger partial charge in [0.05, 0.1) is 25.9 Å². The number of esters is 2. The second-order valence-corrected chi connectivity index (χ2v) is 6.79. The summed E-state index contributed by atoms with van der Waals surface area (Å²) in [4.78, 5) is 29.0. The minimum absolute atomic E-state index is 0.0747. The Bertz CT molecular complexity index is 1090. The molecule has 0 radical (unpaired) electrons. The van der Waals surface area contributed by atoms with E-state index in [1.54, 1.807) is 37.3 Å². The maximum Gasteiger partial charge on any atom is 0.343 e. The molecule has 34 heavy (non-hydrogen) atoms. The van der Waals surface area contributed by atoms with Crippen LogP contribution < -0.4 is 4.74 Å². The van der Waals surface area contributed by atoms with Crippen LogP contribution in [0.5, 0.6) is 5.75 Å². The van der Waals surface area contributed by atoms with Gasteiger partial charge in [-0.05, 0) is 25.5 Å². The van der Waals surface area contributed by atoms with Gasteiger partial charge in [0.15, 0.2) is 23.4 Å². The van der Waals surface area contributed by atoms with E-state index in [9.17, 15) is 27.9 Å². The van der Waals surface area contributed by atoms with Gasteiger partial charge in [0.1, 0.15) is 11.3 Å². The fraction of sp³-hybridized carbons (Fsp3) is 0.292. The number of nitrogens with zero attached hydrogens (tertiary/aromatic N) is 1. The number of ether oxygens (including phenoxy) is 3. The van der Waals surface area contributed by atoms with Gasteiger partial charge in [-0.3, -0.25) is 4.99 Å². The first-order chi connectivity index (χ1) is 16.2. The van der Waals surface area contributed by atoms with Gasteiger partial charge < -0.3 is 19.3 Å². The third-order valence-electron chi connectivity index (χ3n) is 4.54. The van der Waals surface area contributed by atoms with Crippen molar-refractivity contribution in [3.63, 3.8) is 0 Å². The molecule has 2 rings (SSSR count). The third kappa shape index (κ3) is 6.37. The minimum atomic E-state index is -1.60.